The number of hydrogen-bond acceptors (Lipinski definition) is 4. The van der Waals surface area contributed by atoms with Crippen LogP contribution >= 0.6 is 0 Å². The van der Waals surface area contributed by atoms with Gasteiger partial charge < -0.3 is 9.64 Å². The van der Waals surface area contributed by atoms with Crippen LogP contribution in [0.15, 0.2) is 0 Å². The maximum atomic E-state index is 11.9. The predicted octanol–water partition coefficient (Wildman–Crippen LogP) is 0.109. The number of alkyl halides is 3. The van der Waals surface area contributed by atoms with E-state index in [0.717, 1.165) is 13.5 Å². The number of rotatable bonds is 3. The van der Waals surface area contributed by atoms with Gasteiger partial charge in [0.25, 0.3) is 10.2 Å². The van der Waals surface area contributed by atoms with Crippen LogP contribution in [-0.4, -0.2) is 81.1 Å². The number of halogens is 3. The van der Waals surface area contributed by atoms with Crippen LogP contribution in [0.3, 0.4) is 0 Å². The molecule has 0 spiro atoms. The Labute approximate surface area is 115 Å². The summed E-state index contributed by atoms with van der Waals surface area (Å²) in [6, 6.07) is 0. The van der Waals surface area contributed by atoms with Crippen molar-refractivity contribution in [1.82, 2.24) is 13.5 Å². The summed E-state index contributed by atoms with van der Waals surface area (Å²) in [5.41, 5.74) is 0. The van der Waals surface area contributed by atoms with E-state index in [9.17, 15) is 26.4 Å². The molecule has 0 atom stereocenters. The van der Waals surface area contributed by atoms with E-state index in [4.69, 9.17) is 0 Å². The van der Waals surface area contributed by atoms with Crippen molar-refractivity contribution in [2.45, 2.75) is 6.18 Å². The molecule has 0 saturated carbocycles. The summed E-state index contributed by atoms with van der Waals surface area (Å²) >= 11 is 0. The van der Waals surface area contributed by atoms with Crippen LogP contribution < -0.4 is 0 Å². The van der Waals surface area contributed by atoms with Crippen LogP contribution in [0.5, 0.6) is 0 Å². The summed E-state index contributed by atoms with van der Waals surface area (Å²) in [6.07, 6.45) is -5.67. The van der Waals surface area contributed by atoms with Gasteiger partial charge in [0.15, 0.2) is 6.61 Å². The van der Waals surface area contributed by atoms with Crippen molar-refractivity contribution in [1.29, 1.82) is 0 Å². The molecule has 1 aliphatic rings. The maximum absolute atomic E-state index is 11.9. The second kappa shape index (κ2) is 6.14. The normalized spacial score (nSPS) is 18.4. The Hall–Kier alpha value is -1.07. The molecule has 1 rings (SSSR count). The number of ether oxygens (including phenoxy) is 1. The van der Waals surface area contributed by atoms with Crippen molar-refractivity contribution < 1.29 is 31.1 Å². The number of amides is 1. The Balaban J connectivity index is 2.49. The van der Waals surface area contributed by atoms with E-state index in [1.54, 1.807) is 0 Å². The summed E-state index contributed by atoms with van der Waals surface area (Å²) in [5.74, 6) is 0. The first-order chi connectivity index (χ1) is 9.04. The number of piperazine rings is 1. The van der Waals surface area contributed by atoms with E-state index in [1.807, 2.05) is 0 Å². The van der Waals surface area contributed by atoms with E-state index in [2.05, 4.69) is 4.74 Å². The smallest absolute Gasteiger partial charge is 0.422 e. The molecule has 0 N–H and O–H groups in total. The van der Waals surface area contributed by atoms with Gasteiger partial charge >= 0.3 is 12.3 Å². The van der Waals surface area contributed by atoms with Crippen LogP contribution in [0.2, 0.25) is 0 Å². The van der Waals surface area contributed by atoms with Crippen LogP contribution in [0.25, 0.3) is 0 Å². The third-order valence-electron chi connectivity index (χ3n) is 2.64. The minimum absolute atomic E-state index is 0.0102. The molecule has 0 aromatic carbocycles. The van der Waals surface area contributed by atoms with E-state index in [1.165, 1.54) is 14.1 Å². The fourth-order valence-electron chi connectivity index (χ4n) is 1.57. The van der Waals surface area contributed by atoms with Crippen molar-refractivity contribution in [2.24, 2.45) is 0 Å². The van der Waals surface area contributed by atoms with Gasteiger partial charge in [-0.05, 0) is 0 Å². The minimum Gasteiger partial charge on any atom is -0.440 e. The quantitative estimate of drug-likeness (QED) is 0.740. The molecule has 1 fully saturated rings. The van der Waals surface area contributed by atoms with Crippen molar-refractivity contribution >= 4 is 16.3 Å². The molecule has 1 heterocycles. The summed E-state index contributed by atoms with van der Waals surface area (Å²) < 4.78 is 65.6. The molecule has 0 aliphatic carbocycles. The van der Waals surface area contributed by atoms with Gasteiger partial charge in [-0.2, -0.15) is 30.2 Å². The number of carbonyl (C=O) groups is 1. The summed E-state index contributed by atoms with van der Waals surface area (Å²) in [4.78, 5) is 12.4. The minimum atomic E-state index is -4.58. The zero-order valence-electron chi connectivity index (χ0n) is 11.1. The lowest BCUT2D eigenvalue weighted by Crippen LogP contribution is -2.53. The predicted molar refractivity (Wildman–Crippen MR) is 63.2 cm³/mol. The van der Waals surface area contributed by atoms with Gasteiger partial charge in [0.1, 0.15) is 0 Å². The molecule has 118 valence electrons. The Kier molecular flexibility index (Phi) is 5.21. The maximum Gasteiger partial charge on any atom is 0.422 e. The van der Waals surface area contributed by atoms with E-state index in [0.29, 0.717) is 0 Å². The molecule has 0 aromatic heterocycles. The molecule has 20 heavy (non-hydrogen) atoms. The Bertz CT molecular complexity index is 444. The van der Waals surface area contributed by atoms with Gasteiger partial charge in [0, 0.05) is 40.3 Å². The highest BCUT2D eigenvalue weighted by Gasteiger charge is 2.33. The fraction of sp³-hybridized carbons (Fsp3) is 0.889. The number of carbonyl (C=O) groups excluding carboxylic acids is 1. The highest BCUT2D eigenvalue weighted by atomic mass is 32.2. The Morgan fingerprint density at radius 2 is 1.70 bits per heavy atom. The SMILES string of the molecule is CN(C)S(=O)(=O)N1CCN(C(=O)OCC(F)(F)F)CC1. The molecule has 1 saturated heterocycles. The number of hydrogen-bond donors (Lipinski definition) is 0. The van der Waals surface area contributed by atoms with Gasteiger partial charge in [-0.25, -0.2) is 4.79 Å². The molecule has 1 aliphatic heterocycles. The molecular weight excluding hydrogens is 303 g/mol. The molecule has 1 amide bonds. The van der Waals surface area contributed by atoms with Crippen LogP contribution in [0, 0.1) is 0 Å². The van der Waals surface area contributed by atoms with Crippen LogP contribution in [0.1, 0.15) is 0 Å². The first kappa shape index (κ1) is 17.0. The lowest BCUT2D eigenvalue weighted by molar-refractivity contribution is -0.162. The first-order valence-corrected chi connectivity index (χ1v) is 7.10. The van der Waals surface area contributed by atoms with E-state index < -0.39 is 29.1 Å². The Morgan fingerprint density at radius 3 is 2.10 bits per heavy atom. The second-order valence-electron chi connectivity index (χ2n) is 4.35. The molecular formula is C9H16F3N3O4S. The standard InChI is InChI=1S/C9H16F3N3O4S/c1-13(2)20(17,18)15-5-3-14(4-6-15)8(16)19-7-9(10,11)12/h3-7H2,1-2H3. The van der Waals surface area contributed by atoms with Crippen LogP contribution in [-0.2, 0) is 14.9 Å². The van der Waals surface area contributed by atoms with Crippen molar-refractivity contribution in [3.8, 4) is 0 Å². The monoisotopic (exact) mass is 319 g/mol. The van der Waals surface area contributed by atoms with E-state index in [-0.39, 0.29) is 26.2 Å². The molecule has 0 aromatic rings. The topological polar surface area (TPSA) is 70.2 Å². The lowest BCUT2D eigenvalue weighted by Gasteiger charge is -2.34. The lowest BCUT2D eigenvalue weighted by atomic mass is 10.4. The highest BCUT2D eigenvalue weighted by molar-refractivity contribution is 7.86. The average Bonchev–Trinajstić information content (AvgIpc) is 2.35. The summed E-state index contributed by atoms with van der Waals surface area (Å²) in [6.45, 7) is -1.64. The third-order valence-corrected chi connectivity index (χ3v) is 4.58. The van der Waals surface area contributed by atoms with Crippen molar-refractivity contribution in [3.05, 3.63) is 0 Å². The molecule has 0 unspecified atom stereocenters. The van der Waals surface area contributed by atoms with Gasteiger partial charge in [-0.15, -0.1) is 0 Å². The first-order valence-electron chi connectivity index (χ1n) is 5.70. The average molecular weight is 319 g/mol. The van der Waals surface area contributed by atoms with Gasteiger partial charge in [-0.1, -0.05) is 0 Å². The Morgan fingerprint density at radius 1 is 1.20 bits per heavy atom. The van der Waals surface area contributed by atoms with Gasteiger partial charge in [-0.3, -0.25) is 0 Å². The van der Waals surface area contributed by atoms with Crippen LogP contribution in [0.4, 0.5) is 18.0 Å². The highest BCUT2D eigenvalue weighted by Crippen LogP contribution is 2.16. The zero-order chi connectivity index (χ0) is 15.6. The van der Waals surface area contributed by atoms with Gasteiger partial charge in [0.05, 0.1) is 0 Å². The second-order valence-corrected chi connectivity index (χ2v) is 6.49. The van der Waals surface area contributed by atoms with Crippen molar-refractivity contribution in [2.75, 3.05) is 46.9 Å². The largest absolute Gasteiger partial charge is 0.440 e. The third kappa shape index (κ3) is 4.49. The molecule has 11 heteroatoms. The number of nitrogens with zero attached hydrogens (tertiary/aromatic N) is 3. The van der Waals surface area contributed by atoms with Gasteiger partial charge in [0.2, 0.25) is 0 Å². The van der Waals surface area contributed by atoms with E-state index >= 15 is 0 Å². The summed E-state index contributed by atoms with van der Waals surface area (Å²) in [5, 5.41) is 0. The van der Waals surface area contributed by atoms with Crippen molar-refractivity contribution in [3.63, 3.8) is 0 Å². The molecule has 0 bridgehead atoms. The summed E-state index contributed by atoms with van der Waals surface area (Å²) in [7, 11) is -0.828. The molecule has 7 nitrogen and oxygen atoms in total. The molecule has 0 radical (unpaired) electrons. The zero-order valence-corrected chi connectivity index (χ0v) is 11.9. The fourth-order valence-corrected chi connectivity index (χ4v) is 2.65.